The van der Waals surface area contributed by atoms with E-state index in [0.29, 0.717) is 24.2 Å². The van der Waals surface area contributed by atoms with E-state index in [-0.39, 0.29) is 5.91 Å². The van der Waals surface area contributed by atoms with Gasteiger partial charge in [-0.3, -0.25) is 9.69 Å². The minimum Gasteiger partial charge on any atom is -0.351 e. The number of nitrogens with zero attached hydrogens (tertiary/aromatic N) is 5. The topological polar surface area (TPSA) is 91.2 Å². The Kier molecular flexibility index (Phi) is 5.39. The van der Waals surface area contributed by atoms with Gasteiger partial charge in [0.2, 0.25) is 0 Å². The number of carbonyl (C=O) groups excluding carboxylic acids is 1. The van der Waals surface area contributed by atoms with Gasteiger partial charge < -0.3 is 10.3 Å². The molecule has 2 N–H and O–H groups in total. The van der Waals surface area contributed by atoms with Gasteiger partial charge in [-0.05, 0) is 13.1 Å². The Hall–Kier alpha value is -2.74. The molecule has 8 nitrogen and oxygen atoms in total. The standard InChI is InChI=1S/C17H23N7O/c1-3-23(4-2)11-13-9-21-16-14(10-22-24(16)12-13)17(25)20-6-5-15-18-7-8-19-15/h7-10,12H,3-6,11H2,1-2H3,(H,18,19)(H,20,25). The molecule has 3 aromatic heterocycles. The van der Waals surface area contributed by atoms with E-state index < -0.39 is 0 Å². The van der Waals surface area contributed by atoms with Crippen LogP contribution in [0.2, 0.25) is 0 Å². The molecule has 3 heterocycles. The Labute approximate surface area is 146 Å². The van der Waals surface area contributed by atoms with Gasteiger partial charge in [0.25, 0.3) is 5.91 Å². The molecule has 0 aliphatic rings. The lowest BCUT2D eigenvalue weighted by molar-refractivity contribution is 0.0955. The molecule has 0 aliphatic carbocycles. The van der Waals surface area contributed by atoms with Crippen LogP contribution in [-0.2, 0) is 13.0 Å². The zero-order valence-corrected chi connectivity index (χ0v) is 14.6. The van der Waals surface area contributed by atoms with Crippen LogP contribution in [0.25, 0.3) is 5.65 Å². The third kappa shape index (κ3) is 4.03. The van der Waals surface area contributed by atoms with Crippen molar-refractivity contribution in [3.63, 3.8) is 0 Å². The molecule has 0 spiro atoms. The number of nitrogens with one attached hydrogen (secondary N) is 2. The van der Waals surface area contributed by atoms with E-state index >= 15 is 0 Å². The highest BCUT2D eigenvalue weighted by atomic mass is 16.1. The van der Waals surface area contributed by atoms with Crippen molar-refractivity contribution in [3.05, 3.63) is 47.9 Å². The van der Waals surface area contributed by atoms with Crippen LogP contribution in [0.5, 0.6) is 0 Å². The molecule has 0 radical (unpaired) electrons. The fourth-order valence-electron chi connectivity index (χ4n) is 2.68. The molecular formula is C17H23N7O. The molecular weight excluding hydrogens is 318 g/mol. The van der Waals surface area contributed by atoms with Crippen LogP contribution in [0, 0.1) is 0 Å². The van der Waals surface area contributed by atoms with Gasteiger partial charge in [-0.2, -0.15) is 5.10 Å². The van der Waals surface area contributed by atoms with Crippen molar-refractivity contribution in [1.29, 1.82) is 0 Å². The van der Waals surface area contributed by atoms with E-state index in [1.165, 1.54) is 0 Å². The number of hydrogen-bond donors (Lipinski definition) is 2. The van der Waals surface area contributed by atoms with Crippen molar-refractivity contribution in [2.24, 2.45) is 0 Å². The lowest BCUT2D eigenvalue weighted by Crippen LogP contribution is -2.26. The number of H-pyrrole nitrogens is 1. The fourth-order valence-corrected chi connectivity index (χ4v) is 2.68. The van der Waals surface area contributed by atoms with Crippen LogP contribution >= 0.6 is 0 Å². The predicted molar refractivity (Wildman–Crippen MR) is 94.2 cm³/mol. The van der Waals surface area contributed by atoms with E-state index in [0.717, 1.165) is 31.0 Å². The van der Waals surface area contributed by atoms with E-state index in [1.54, 1.807) is 23.1 Å². The molecule has 0 bridgehead atoms. The maximum Gasteiger partial charge on any atom is 0.256 e. The molecule has 0 fully saturated rings. The summed E-state index contributed by atoms with van der Waals surface area (Å²) < 4.78 is 1.67. The smallest absolute Gasteiger partial charge is 0.256 e. The monoisotopic (exact) mass is 341 g/mol. The van der Waals surface area contributed by atoms with Gasteiger partial charge in [-0.1, -0.05) is 13.8 Å². The van der Waals surface area contributed by atoms with E-state index in [1.807, 2.05) is 12.4 Å². The lowest BCUT2D eigenvalue weighted by atomic mass is 10.3. The highest BCUT2D eigenvalue weighted by molar-refractivity contribution is 5.99. The van der Waals surface area contributed by atoms with Crippen LogP contribution in [0.15, 0.2) is 31.0 Å². The first-order valence-electron chi connectivity index (χ1n) is 8.52. The maximum atomic E-state index is 12.4. The molecule has 0 unspecified atom stereocenters. The molecule has 3 rings (SSSR count). The molecule has 132 valence electrons. The second kappa shape index (κ2) is 7.89. The number of hydrogen-bond acceptors (Lipinski definition) is 5. The van der Waals surface area contributed by atoms with Crippen molar-refractivity contribution in [2.45, 2.75) is 26.8 Å². The number of amides is 1. The second-order valence-corrected chi connectivity index (χ2v) is 5.79. The Balaban J connectivity index is 1.66. The van der Waals surface area contributed by atoms with Crippen LogP contribution in [-0.4, -0.2) is 55.0 Å². The molecule has 0 atom stereocenters. The predicted octanol–water partition coefficient (Wildman–Crippen LogP) is 1.27. The zero-order chi connectivity index (χ0) is 17.6. The summed E-state index contributed by atoms with van der Waals surface area (Å²) in [6.45, 7) is 7.56. The van der Waals surface area contributed by atoms with Gasteiger partial charge in [0.1, 0.15) is 11.4 Å². The summed E-state index contributed by atoms with van der Waals surface area (Å²) in [7, 11) is 0. The zero-order valence-electron chi connectivity index (χ0n) is 14.6. The molecule has 8 heteroatoms. The van der Waals surface area contributed by atoms with Crippen molar-refractivity contribution in [3.8, 4) is 0 Å². The summed E-state index contributed by atoms with van der Waals surface area (Å²) >= 11 is 0. The summed E-state index contributed by atoms with van der Waals surface area (Å²) in [6, 6.07) is 0. The van der Waals surface area contributed by atoms with E-state index in [4.69, 9.17) is 0 Å². The van der Waals surface area contributed by atoms with Gasteiger partial charge in [0.05, 0.1) is 6.20 Å². The summed E-state index contributed by atoms with van der Waals surface area (Å²) in [5.74, 6) is 0.671. The average molecular weight is 341 g/mol. The summed E-state index contributed by atoms with van der Waals surface area (Å²) in [6.07, 6.45) is 9.42. The number of aromatic nitrogens is 5. The fraction of sp³-hybridized carbons (Fsp3) is 0.412. The molecule has 1 amide bonds. The number of imidazole rings is 1. The first kappa shape index (κ1) is 17.1. The van der Waals surface area contributed by atoms with Crippen molar-refractivity contribution in [1.82, 2.24) is 34.8 Å². The van der Waals surface area contributed by atoms with Crippen LogP contribution in [0.4, 0.5) is 0 Å². The molecule has 0 aliphatic heterocycles. The Bertz CT molecular complexity index is 821. The minimum atomic E-state index is -0.175. The summed E-state index contributed by atoms with van der Waals surface area (Å²) in [4.78, 5) is 26.2. The van der Waals surface area contributed by atoms with Gasteiger partial charge in [0, 0.05) is 49.9 Å². The quantitative estimate of drug-likeness (QED) is 0.644. The highest BCUT2D eigenvalue weighted by Gasteiger charge is 2.14. The van der Waals surface area contributed by atoms with Crippen molar-refractivity contribution < 1.29 is 4.79 Å². The average Bonchev–Trinajstić information content (AvgIpc) is 3.28. The third-order valence-corrected chi connectivity index (χ3v) is 4.16. The number of rotatable bonds is 8. The molecule has 0 aromatic carbocycles. The molecule has 0 saturated heterocycles. The van der Waals surface area contributed by atoms with Gasteiger partial charge in [-0.15, -0.1) is 0 Å². The first-order chi connectivity index (χ1) is 12.2. The largest absolute Gasteiger partial charge is 0.351 e. The number of fused-ring (bicyclic) bond motifs is 1. The molecule has 3 aromatic rings. The second-order valence-electron chi connectivity index (χ2n) is 5.79. The summed E-state index contributed by atoms with van der Waals surface area (Å²) in [5, 5.41) is 7.15. The Morgan fingerprint density at radius 3 is 2.84 bits per heavy atom. The normalized spacial score (nSPS) is 11.3. The van der Waals surface area contributed by atoms with Gasteiger partial charge in [0.15, 0.2) is 5.65 Å². The van der Waals surface area contributed by atoms with Crippen LogP contribution in [0.1, 0.15) is 35.6 Å². The van der Waals surface area contributed by atoms with Gasteiger partial charge in [-0.25, -0.2) is 14.5 Å². The molecule has 0 saturated carbocycles. The number of aromatic amines is 1. The SMILES string of the molecule is CCN(CC)Cc1cnc2c(C(=O)NCCc3ncc[nH]3)cnn2c1. The lowest BCUT2D eigenvalue weighted by Gasteiger charge is -2.17. The third-order valence-electron chi connectivity index (χ3n) is 4.16. The Morgan fingerprint density at radius 2 is 2.12 bits per heavy atom. The summed E-state index contributed by atoms with van der Waals surface area (Å²) in [5.41, 5.74) is 2.12. The Morgan fingerprint density at radius 1 is 1.28 bits per heavy atom. The maximum absolute atomic E-state index is 12.4. The van der Waals surface area contributed by atoms with Gasteiger partial charge >= 0.3 is 0 Å². The molecule has 25 heavy (non-hydrogen) atoms. The highest BCUT2D eigenvalue weighted by Crippen LogP contribution is 2.10. The van der Waals surface area contributed by atoms with E-state index in [2.05, 4.69) is 44.1 Å². The minimum absolute atomic E-state index is 0.175. The first-order valence-corrected chi connectivity index (χ1v) is 8.52. The van der Waals surface area contributed by atoms with Crippen LogP contribution < -0.4 is 5.32 Å². The van der Waals surface area contributed by atoms with Crippen molar-refractivity contribution in [2.75, 3.05) is 19.6 Å². The van der Waals surface area contributed by atoms with E-state index in [9.17, 15) is 4.79 Å². The number of carbonyl (C=O) groups is 1. The van der Waals surface area contributed by atoms with Crippen molar-refractivity contribution >= 4 is 11.6 Å². The van der Waals surface area contributed by atoms with Crippen LogP contribution in [0.3, 0.4) is 0 Å².